The maximum atomic E-state index is 10.4. The average Bonchev–Trinajstić information content (AvgIpc) is 2.93. The third kappa shape index (κ3) is 2.24. The molecule has 0 aliphatic heterocycles. The van der Waals surface area contributed by atoms with Crippen LogP contribution in [0.25, 0.3) is 0 Å². The van der Waals surface area contributed by atoms with Crippen LogP contribution in [-0.2, 0) is 12.8 Å². The third-order valence-electron chi connectivity index (χ3n) is 3.22. The Balaban J connectivity index is 1.94. The van der Waals surface area contributed by atoms with Crippen LogP contribution in [0.2, 0.25) is 0 Å². The first-order chi connectivity index (χ1) is 8.25. The first-order valence-electron chi connectivity index (χ1n) is 5.77. The fourth-order valence-corrected chi connectivity index (χ4v) is 5.08. The molecule has 0 fully saturated rings. The monoisotopic (exact) mass is 328 g/mol. The Morgan fingerprint density at radius 3 is 2.76 bits per heavy atom. The van der Waals surface area contributed by atoms with Crippen molar-refractivity contribution in [1.29, 1.82) is 0 Å². The van der Waals surface area contributed by atoms with Crippen molar-refractivity contribution < 1.29 is 5.11 Å². The number of fused-ring (bicyclic) bond motifs is 1. The molecule has 0 saturated heterocycles. The molecule has 0 spiro atoms. The summed E-state index contributed by atoms with van der Waals surface area (Å²) in [5.41, 5.74) is 2.45. The summed E-state index contributed by atoms with van der Waals surface area (Å²) < 4.78 is 1.02. The number of thiophene rings is 2. The fraction of sp³-hybridized carbons (Fsp3) is 0.385. The molecule has 1 nitrogen and oxygen atoms in total. The second-order valence-electron chi connectivity index (χ2n) is 4.38. The van der Waals surface area contributed by atoms with Crippen molar-refractivity contribution in [2.75, 3.05) is 0 Å². The van der Waals surface area contributed by atoms with E-state index in [1.807, 2.05) is 10.8 Å². The Hall–Kier alpha value is -0.160. The highest BCUT2D eigenvalue weighted by atomic mass is 79.9. The number of rotatable bonds is 2. The van der Waals surface area contributed by atoms with Gasteiger partial charge in [-0.15, -0.1) is 11.3 Å². The molecule has 2 aromatic heterocycles. The Morgan fingerprint density at radius 1 is 1.24 bits per heavy atom. The topological polar surface area (TPSA) is 20.2 Å². The van der Waals surface area contributed by atoms with Crippen molar-refractivity contribution in [2.45, 2.75) is 31.8 Å². The molecule has 2 heterocycles. The quantitative estimate of drug-likeness (QED) is 0.858. The Kier molecular flexibility index (Phi) is 3.39. The van der Waals surface area contributed by atoms with Crippen molar-refractivity contribution in [3.05, 3.63) is 42.2 Å². The molecule has 1 atom stereocenters. The van der Waals surface area contributed by atoms with Crippen LogP contribution in [0, 0.1) is 0 Å². The van der Waals surface area contributed by atoms with Crippen LogP contribution in [0.5, 0.6) is 0 Å². The molecule has 1 aliphatic rings. The van der Waals surface area contributed by atoms with Crippen molar-refractivity contribution in [2.24, 2.45) is 0 Å². The lowest BCUT2D eigenvalue weighted by atomic mass is 9.98. The summed E-state index contributed by atoms with van der Waals surface area (Å²) in [5.74, 6) is 0. The smallest absolute Gasteiger partial charge is 0.115 e. The summed E-state index contributed by atoms with van der Waals surface area (Å²) in [6, 6.07) is 2.20. The molecule has 2 aromatic rings. The van der Waals surface area contributed by atoms with E-state index in [4.69, 9.17) is 0 Å². The standard InChI is InChI=1S/C13H13BrOS2/c14-10-7-16-6-9(10)13(15)12-5-8-3-1-2-4-11(8)17-12/h5-7,13,15H,1-4H2. The van der Waals surface area contributed by atoms with Crippen molar-refractivity contribution in [1.82, 2.24) is 0 Å². The van der Waals surface area contributed by atoms with Gasteiger partial charge in [0.25, 0.3) is 0 Å². The van der Waals surface area contributed by atoms with E-state index in [9.17, 15) is 5.11 Å². The number of hydrogen-bond acceptors (Lipinski definition) is 3. The van der Waals surface area contributed by atoms with E-state index in [0.29, 0.717) is 0 Å². The predicted molar refractivity (Wildman–Crippen MR) is 77.0 cm³/mol. The highest BCUT2D eigenvalue weighted by Crippen LogP contribution is 2.38. The van der Waals surface area contributed by atoms with E-state index in [0.717, 1.165) is 14.9 Å². The fourth-order valence-electron chi connectivity index (χ4n) is 2.29. The summed E-state index contributed by atoms with van der Waals surface area (Å²) in [6.45, 7) is 0. The Bertz CT molecular complexity index is 506. The first-order valence-corrected chi connectivity index (χ1v) is 8.32. The number of aryl methyl sites for hydroxylation is 2. The Labute approximate surface area is 117 Å². The van der Waals surface area contributed by atoms with Crippen LogP contribution in [0.3, 0.4) is 0 Å². The lowest BCUT2D eigenvalue weighted by molar-refractivity contribution is 0.224. The van der Waals surface area contributed by atoms with E-state index >= 15 is 0 Å². The summed E-state index contributed by atoms with van der Waals surface area (Å²) in [4.78, 5) is 2.58. The summed E-state index contributed by atoms with van der Waals surface area (Å²) >= 11 is 6.90. The van der Waals surface area contributed by atoms with E-state index in [-0.39, 0.29) is 0 Å². The van der Waals surface area contributed by atoms with Gasteiger partial charge >= 0.3 is 0 Å². The van der Waals surface area contributed by atoms with Gasteiger partial charge in [-0.05, 0) is 58.6 Å². The molecule has 0 radical (unpaired) electrons. The average molecular weight is 329 g/mol. The molecule has 1 N–H and O–H groups in total. The van der Waals surface area contributed by atoms with Gasteiger partial charge in [0.15, 0.2) is 0 Å². The minimum atomic E-state index is -0.466. The highest BCUT2D eigenvalue weighted by Gasteiger charge is 2.20. The summed E-state index contributed by atoms with van der Waals surface area (Å²) in [6.07, 6.45) is 4.50. The van der Waals surface area contributed by atoms with Gasteiger partial charge in [-0.25, -0.2) is 0 Å². The molecular weight excluding hydrogens is 316 g/mol. The van der Waals surface area contributed by atoms with Crippen molar-refractivity contribution >= 4 is 38.6 Å². The minimum Gasteiger partial charge on any atom is -0.383 e. The van der Waals surface area contributed by atoms with Crippen LogP contribution < -0.4 is 0 Å². The van der Waals surface area contributed by atoms with Gasteiger partial charge < -0.3 is 5.11 Å². The summed E-state index contributed by atoms with van der Waals surface area (Å²) in [5, 5.41) is 14.4. The molecule has 0 bridgehead atoms. The predicted octanol–water partition coefficient (Wildman–Crippen LogP) is 4.53. The maximum Gasteiger partial charge on any atom is 0.115 e. The second-order valence-corrected chi connectivity index (χ2v) is 7.15. The lowest BCUT2D eigenvalue weighted by Gasteiger charge is -2.08. The van der Waals surface area contributed by atoms with Gasteiger partial charge in [-0.3, -0.25) is 0 Å². The SMILES string of the molecule is OC(c1cc2c(s1)CCCC2)c1cscc1Br. The Morgan fingerprint density at radius 2 is 2.06 bits per heavy atom. The second kappa shape index (κ2) is 4.84. The van der Waals surface area contributed by atoms with Crippen molar-refractivity contribution in [3.63, 3.8) is 0 Å². The van der Waals surface area contributed by atoms with Crippen LogP contribution in [-0.4, -0.2) is 5.11 Å². The van der Waals surface area contributed by atoms with E-state index in [2.05, 4.69) is 22.0 Å². The molecule has 0 aromatic carbocycles. The van der Waals surface area contributed by atoms with E-state index in [1.54, 1.807) is 22.7 Å². The van der Waals surface area contributed by atoms with Gasteiger partial charge in [0, 0.05) is 25.2 Å². The molecule has 3 rings (SSSR count). The van der Waals surface area contributed by atoms with Gasteiger partial charge in [-0.1, -0.05) is 0 Å². The van der Waals surface area contributed by atoms with Crippen molar-refractivity contribution in [3.8, 4) is 0 Å². The molecule has 0 saturated carbocycles. The van der Waals surface area contributed by atoms with Gasteiger partial charge in [0.05, 0.1) is 0 Å². The molecule has 0 amide bonds. The molecular formula is C13H13BrOS2. The minimum absolute atomic E-state index is 0.466. The molecule has 17 heavy (non-hydrogen) atoms. The molecule has 90 valence electrons. The zero-order chi connectivity index (χ0) is 11.8. The van der Waals surface area contributed by atoms with Crippen LogP contribution in [0.4, 0.5) is 0 Å². The number of aliphatic hydroxyl groups excluding tert-OH is 1. The number of hydrogen-bond donors (Lipinski definition) is 1. The van der Waals surface area contributed by atoms with E-state index in [1.165, 1.54) is 36.1 Å². The maximum absolute atomic E-state index is 10.4. The van der Waals surface area contributed by atoms with Gasteiger partial charge in [0.2, 0.25) is 0 Å². The van der Waals surface area contributed by atoms with Crippen LogP contribution >= 0.6 is 38.6 Å². The number of halogens is 1. The normalized spacial score (nSPS) is 16.8. The van der Waals surface area contributed by atoms with Crippen LogP contribution in [0.1, 0.15) is 39.8 Å². The third-order valence-corrected chi connectivity index (χ3v) is 6.26. The van der Waals surface area contributed by atoms with Crippen LogP contribution in [0.15, 0.2) is 21.3 Å². The van der Waals surface area contributed by atoms with Gasteiger partial charge in [-0.2, -0.15) is 11.3 Å². The summed E-state index contributed by atoms with van der Waals surface area (Å²) in [7, 11) is 0. The zero-order valence-electron chi connectivity index (χ0n) is 9.28. The molecule has 1 unspecified atom stereocenters. The zero-order valence-corrected chi connectivity index (χ0v) is 12.5. The van der Waals surface area contributed by atoms with Gasteiger partial charge in [0.1, 0.15) is 6.10 Å². The van der Waals surface area contributed by atoms with E-state index < -0.39 is 6.10 Å². The molecule has 4 heteroatoms. The number of aliphatic hydroxyl groups is 1. The first kappa shape index (κ1) is 11.9. The highest BCUT2D eigenvalue weighted by molar-refractivity contribution is 9.10. The molecule has 1 aliphatic carbocycles. The largest absolute Gasteiger partial charge is 0.383 e. The lowest BCUT2D eigenvalue weighted by Crippen LogP contribution is -1.97.